The first-order valence-electron chi connectivity index (χ1n) is 10.7. The van der Waals surface area contributed by atoms with Gasteiger partial charge in [-0.05, 0) is 47.2 Å². The minimum atomic E-state index is -0.694. The number of amides is 1. The number of ether oxygens (including phenoxy) is 2. The first-order chi connectivity index (χ1) is 15.1. The van der Waals surface area contributed by atoms with E-state index in [1.165, 1.54) is 12.0 Å². The van der Waals surface area contributed by atoms with Crippen molar-refractivity contribution in [3.8, 4) is 11.5 Å². The van der Waals surface area contributed by atoms with Crippen LogP contribution in [0.2, 0.25) is 0 Å². The molecule has 0 aromatic heterocycles. The van der Waals surface area contributed by atoms with E-state index in [4.69, 9.17) is 9.47 Å². The molecule has 32 heavy (non-hydrogen) atoms. The highest BCUT2D eigenvalue weighted by atomic mass is 16.5. The maximum Gasteiger partial charge on any atom is 0.295 e. The number of rotatable bonds is 6. The van der Waals surface area contributed by atoms with E-state index in [1.807, 2.05) is 31.2 Å². The van der Waals surface area contributed by atoms with Crippen molar-refractivity contribution in [3.05, 3.63) is 64.7 Å². The van der Waals surface area contributed by atoms with Crippen LogP contribution in [0.4, 0.5) is 0 Å². The highest BCUT2D eigenvalue weighted by Gasteiger charge is 2.46. The third-order valence-corrected chi connectivity index (χ3v) is 5.76. The molecule has 1 aliphatic rings. The molecule has 3 rings (SSSR count). The van der Waals surface area contributed by atoms with Gasteiger partial charge in [-0.1, -0.05) is 45.9 Å². The zero-order valence-corrected chi connectivity index (χ0v) is 19.6. The Labute approximate surface area is 189 Å². The molecule has 2 aromatic carbocycles. The SMILES string of the molecule is CCCN1C(=O)C(=O)/C(=C(/O)c2cc(C(C)(C)C)ccc2OC)C1c1ccc(OC)cc1. The number of likely N-dealkylation sites (tertiary alicyclic amines) is 1. The summed E-state index contributed by atoms with van der Waals surface area (Å²) in [6.45, 7) is 8.54. The third kappa shape index (κ3) is 4.22. The lowest BCUT2D eigenvalue weighted by Crippen LogP contribution is -2.30. The lowest BCUT2D eigenvalue weighted by atomic mass is 9.85. The van der Waals surface area contributed by atoms with Crippen LogP contribution in [-0.2, 0) is 15.0 Å². The van der Waals surface area contributed by atoms with Crippen molar-refractivity contribution in [1.29, 1.82) is 0 Å². The summed E-state index contributed by atoms with van der Waals surface area (Å²) < 4.78 is 10.7. The molecule has 6 nitrogen and oxygen atoms in total. The van der Waals surface area contributed by atoms with Gasteiger partial charge in [0.05, 0.1) is 31.4 Å². The van der Waals surface area contributed by atoms with Crippen LogP contribution in [0.25, 0.3) is 5.76 Å². The Morgan fingerprint density at radius 2 is 1.69 bits per heavy atom. The number of ketones is 1. The molecule has 0 spiro atoms. The molecular weight excluding hydrogens is 406 g/mol. The Bertz CT molecular complexity index is 1050. The van der Waals surface area contributed by atoms with Gasteiger partial charge >= 0.3 is 0 Å². The monoisotopic (exact) mass is 437 g/mol. The predicted octanol–water partition coefficient (Wildman–Crippen LogP) is 4.83. The van der Waals surface area contributed by atoms with Gasteiger partial charge in [0, 0.05) is 6.54 Å². The van der Waals surface area contributed by atoms with E-state index in [0.717, 1.165) is 11.1 Å². The maximum absolute atomic E-state index is 13.1. The molecule has 1 unspecified atom stereocenters. The summed E-state index contributed by atoms with van der Waals surface area (Å²) in [6, 6.07) is 12.0. The topological polar surface area (TPSA) is 76.1 Å². The smallest absolute Gasteiger partial charge is 0.295 e. The van der Waals surface area contributed by atoms with Gasteiger partial charge < -0.3 is 19.5 Å². The van der Waals surface area contributed by atoms with Gasteiger partial charge in [0.1, 0.15) is 17.3 Å². The van der Waals surface area contributed by atoms with Crippen LogP contribution < -0.4 is 9.47 Å². The Kier molecular flexibility index (Phi) is 6.63. The lowest BCUT2D eigenvalue weighted by molar-refractivity contribution is -0.139. The quantitative estimate of drug-likeness (QED) is 0.398. The number of Topliss-reactive ketones (excluding diaryl/α,β-unsaturated/α-hetero) is 1. The van der Waals surface area contributed by atoms with E-state index < -0.39 is 17.7 Å². The third-order valence-electron chi connectivity index (χ3n) is 5.76. The molecule has 0 aliphatic carbocycles. The first kappa shape index (κ1) is 23.4. The van der Waals surface area contributed by atoms with Crippen LogP contribution >= 0.6 is 0 Å². The molecule has 0 radical (unpaired) electrons. The zero-order chi connectivity index (χ0) is 23.6. The highest BCUT2D eigenvalue weighted by Crippen LogP contribution is 2.42. The van der Waals surface area contributed by atoms with E-state index in [2.05, 4.69) is 20.8 Å². The molecule has 1 saturated heterocycles. The molecule has 1 atom stereocenters. The fraction of sp³-hybridized carbons (Fsp3) is 0.385. The number of methoxy groups -OCH3 is 2. The van der Waals surface area contributed by atoms with Crippen molar-refractivity contribution in [2.75, 3.05) is 20.8 Å². The van der Waals surface area contributed by atoms with Gasteiger partial charge in [0.25, 0.3) is 11.7 Å². The van der Waals surface area contributed by atoms with E-state index in [0.29, 0.717) is 30.0 Å². The van der Waals surface area contributed by atoms with E-state index >= 15 is 0 Å². The molecular formula is C26H31NO5. The van der Waals surface area contributed by atoms with Crippen LogP contribution in [0.1, 0.15) is 56.8 Å². The largest absolute Gasteiger partial charge is 0.507 e. The number of benzene rings is 2. The molecule has 0 bridgehead atoms. The maximum atomic E-state index is 13.1. The van der Waals surface area contributed by atoms with Crippen LogP contribution in [0.15, 0.2) is 48.0 Å². The molecule has 1 fully saturated rings. The van der Waals surface area contributed by atoms with Gasteiger partial charge in [0.15, 0.2) is 0 Å². The van der Waals surface area contributed by atoms with Crippen molar-refractivity contribution in [1.82, 2.24) is 4.90 Å². The molecule has 1 N–H and O–H groups in total. The average molecular weight is 438 g/mol. The van der Waals surface area contributed by atoms with Gasteiger partial charge in [-0.15, -0.1) is 0 Å². The summed E-state index contributed by atoms with van der Waals surface area (Å²) in [5, 5.41) is 11.4. The molecule has 6 heteroatoms. The van der Waals surface area contributed by atoms with E-state index in [1.54, 1.807) is 25.3 Å². The molecule has 1 aliphatic heterocycles. The van der Waals surface area contributed by atoms with Crippen molar-refractivity contribution >= 4 is 17.4 Å². The van der Waals surface area contributed by atoms with Crippen molar-refractivity contribution in [3.63, 3.8) is 0 Å². The van der Waals surface area contributed by atoms with Gasteiger partial charge in [-0.25, -0.2) is 0 Å². The van der Waals surface area contributed by atoms with Crippen LogP contribution in [0, 0.1) is 0 Å². The van der Waals surface area contributed by atoms with Crippen molar-refractivity contribution in [2.45, 2.75) is 45.6 Å². The van der Waals surface area contributed by atoms with Gasteiger partial charge in [0.2, 0.25) is 0 Å². The normalized spacial score (nSPS) is 18.2. The molecule has 1 heterocycles. The minimum Gasteiger partial charge on any atom is -0.507 e. The number of hydrogen-bond acceptors (Lipinski definition) is 5. The standard InChI is InChI=1S/C26H31NO5/c1-7-14-27-22(16-8-11-18(31-5)12-9-16)21(24(29)25(27)30)23(28)19-15-17(26(2,3)4)10-13-20(19)32-6/h8-13,15,22,28H,7,14H2,1-6H3/b23-21+. The number of aliphatic hydroxyl groups excluding tert-OH is 1. The number of aliphatic hydroxyl groups is 1. The summed E-state index contributed by atoms with van der Waals surface area (Å²) in [5.41, 5.74) is 1.99. The van der Waals surface area contributed by atoms with Crippen LogP contribution in [0.5, 0.6) is 11.5 Å². The zero-order valence-electron chi connectivity index (χ0n) is 19.6. The summed E-state index contributed by atoms with van der Waals surface area (Å²) in [6.07, 6.45) is 0.683. The molecule has 1 amide bonds. The van der Waals surface area contributed by atoms with E-state index in [9.17, 15) is 14.7 Å². The second-order valence-corrected chi connectivity index (χ2v) is 8.93. The summed E-state index contributed by atoms with van der Waals surface area (Å²) in [7, 11) is 3.09. The highest BCUT2D eigenvalue weighted by molar-refractivity contribution is 6.46. The average Bonchev–Trinajstić information content (AvgIpc) is 3.03. The fourth-order valence-corrected chi connectivity index (χ4v) is 3.99. The lowest BCUT2D eigenvalue weighted by Gasteiger charge is -2.25. The Balaban J connectivity index is 2.25. The van der Waals surface area contributed by atoms with Crippen LogP contribution in [0.3, 0.4) is 0 Å². The Hall–Kier alpha value is -3.28. The second kappa shape index (κ2) is 9.07. The summed E-state index contributed by atoms with van der Waals surface area (Å²) in [5.74, 6) is -0.433. The number of hydrogen-bond donors (Lipinski definition) is 1. The number of carbonyl (C=O) groups excluding carboxylic acids is 2. The fourth-order valence-electron chi connectivity index (χ4n) is 3.99. The molecule has 2 aromatic rings. The van der Waals surface area contributed by atoms with Crippen LogP contribution in [-0.4, -0.2) is 42.5 Å². The van der Waals surface area contributed by atoms with Crippen molar-refractivity contribution < 1.29 is 24.2 Å². The summed E-state index contributed by atoms with van der Waals surface area (Å²) >= 11 is 0. The van der Waals surface area contributed by atoms with Crippen molar-refractivity contribution in [2.24, 2.45) is 0 Å². The second-order valence-electron chi connectivity index (χ2n) is 8.93. The Morgan fingerprint density at radius 1 is 1.03 bits per heavy atom. The first-order valence-corrected chi connectivity index (χ1v) is 10.7. The van der Waals surface area contributed by atoms with E-state index in [-0.39, 0.29) is 16.7 Å². The number of nitrogens with zero attached hydrogens (tertiary/aromatic N) is 1. The van der Waals surface area contributed by atoms with Gasteiger partial charge in [-0.2, -0.15) is 0 Å². The predicted molar refractivity (Wildman–Crippen MR) is 124 cm³/mol. The molecule has 0 saturated carbocycles. The Morgan fingerprint density at radius 3 is 2.22 bits per heavy atom. The minimum absolute atomic E-state index is 0.0676. The van der Waals surface area contributed by atoms with Gasteiger partial charge in [-0.3, -0.25) is 9.59 Å². The number of carbonyl (C=O) groups is 2. The molecule has 170 valence electrons. The summed E-state index contributed by atoms with van der Waals surface area (Å²) in [4.78, 5) is 27.5.